The summed E-state index contributed by atoms with van der Waals surface area (Å²) in [6.45, 7) is 0.120. The number of benzene rings is 1. The van der Waals surface area contributed by atoms with E-state index >= 15 is 0 Å². The number of fused-ring (bicyclic) bond motifs is 1. The Bertz CT molecular complexity index is 768. The molecule has 24 heavy (non-hydrogen) atoms. The van der Waals surface area contributed by atoms with Crippen LogP contribution in [0.4, 0.5) is 5.82 Å². The highest BCUT2D eigenvalue weighted by atomic mass is 35.5. The number of ether oxygens (including phenoxy) is 2. The zero-order chi connectivity index (χ0) is 16.5. The van der Waals surface area contributed by atoms with Gasteiger partial charge >= 0.3 is 0 Å². The molecule has 1 aromatic carbocycles. The van der Waals surface area contributed by atoms with Crippen molar-refractivity contribution in [2.75, 3.05) is 12.1 Å². The lowest BCUT2D eigenvalue weighted by molar-refractivity contribution is 0.102. The maximum absolute atomic E-state index is 12.6. The smallest absolute Gasteiger partial charge is 0.257 e. The summed E-state index contributed by atoms with van der Waals surface area (Å²) >= 11 is 6.15. The van der Waals surface area contributed by atoms with Crippen molar-refractivity contribution < 1.29 is 14.3 Å². The van der Waals surface area contributed by atoms with Gasteiger partial charge in [-0.15, -0.1) is 0 Å². The number of hydrogen-bond acceptors (Lipinski definition) is 4. The first-order chi connectivity index (χ1) is 11.7. The number of amides is 1. The summed E-state index contributed by atoms with van der Waals surface area (Å²) in [4.78, 5) is 12.6. The predicted octanol–water partition coefficient (Wildman–Crippen LogP) is 4.02. The molecule has 6 nitrogen and oxygen atoms in total. The maximum atomic E-state index is 12.6. The van der Waals surface area contributed by atoms with Gasteiger partial charge in [0.25, 0.3) is 5.91 Å². The first-order valence-corrected chi connectivity index (χ1v) is 8.54. The number of nitrogens with zero attached hydrogens (tertiary/aromatic N) is 2. The standard InChI is InChI=1S/C17H18ClN3O3/c18-13-8-11(9-14-16(13)24-10-23-14)17(22)20-15-6-7-19-21(15)12-4-2-1-3-5-12/h6-9,12H,1-5,10H2,(H,20,22). The number of aromatic nitrogens is 2. The summed E-state index contributed by atoms with van der Waals surface area (Å²) in [7, 11) is 0. The van der Waals surface area contributed by atoms with Gasteiger partial charge in [0.1, 0.15) is 5.82 Å². The van der Waals surface area contributed by atoms with Gasteiger partial charge in [0.2, 0.25) is 6.79 Å². The van der Waals surface area contributed by atoms with Gasteiger partial charge in [-0.3, -0.25) is 4.79 Å². The Kier molecular flexibility index (Phi) is 4.06. The average Bonchev–Trinajstić information content (AvgIpc) is 3.24. The van der Waals surface area contributed by atoms with E-state index in [1.807, 2.05) is 10.7 Å². The molecule has 0 atom stereocenters. The van der Waals surface area contributed by atoms with Gasteiger partial charge in [0.15, 0.2) is 11.5 Å². The van der Waals surface area contributed by atoms with Crippen LogP contribution >= 0.6 is 11.6 Å². The summed E-state index contributed by atoms with van der Waals surface area (Å²) in [6, 6.07) is 5.40. The average molecular weight is 348 g/mol. The van der Waals surface area contributed by atoms with Crippen molar-refractivity contribution in [1.29, 1.82) is 0 Å². The van der Waals surface area contributed by atoms with Crippen LogP contribution in [0.1, 0.15) is 48.5 Å². The van der Waals surface area contributed by atoms with E-state index in [0.29, 0.717) is 33.9 Å². The fourth-order valence-electron chi connectivity index (χ4n) is 3.32. The molecule has 2 aromatic rings. The number of rotatable bonds is 3. The van der Waals surface area contributed by atoms with Crippen molar-refractivity contribution in [3.05, 3.63) is 35.0 Å². The summed E-state index contributed by atoms with van der Waals surface area (Å²) in [6.07, 6.45) is 7.60. The second-order valence-electron chi connectivity index (χ2n) is 6.10. The Morgan fingerprint density at radius 2 is 2.08 bits per heavy atom. The van der Waals surface area contributed by atoms with Crippen LogP contribution in [0.2, 0.25) is 5.02 Å². The van der Waals surface area contributed by atoms with Gasteiger partial charge < -0.3 is 14.8 Å². The fraction of sp³-hybridized carbons (Fsp3) is 0.412. The van der Waals surface area contributed by atoms with E-state index in [1.165, 1.54) is 19.3 Å². The minimum atomic E-state index is -0.243. The topological polar surface area (TPSA) is 65.4 Å². The molecule has 1 aliphatic carbocycles. The highest BCUT2D eigenvalue weighted by Gasteiger charge is 2.23. The van der Waals surface area contributed by atoms with Crippen molar-refractivity contribution in [1.82, 2.24) is 9.78 Å². The third-order valence-corrected chi connectivity index (χ3v) is 4.80. The summed E-state index contributed by atoms with van der Waals surface area (Å²) < 4.78 is 12.5. The molecule has 1 aliphatic heterocycles. The summed E-state index contributed by atoms with van der Waals surface area (Å²) in [5, 5.41) is 7.69. The number of halogens is 1. The molecule has 2 aliphatic rings. The number of carbonyl (C=O) groups excluding carboxylic acids is 1. The van der Waals surface area contributed by atoms with Crippen LogP contribution in [0.3, 0.4) is 0 Å². The monoisotopic (exact) mass is 347 g/mol. The number of carbonyl (C=O) groups is 1. The molecule has 1 aromatic heterocycles. The van der Waals surface area contributed by atoms with Crippen LogP contribution in [0.15, 0.2) is 24.4 Å². The van der Waals surface area contributed by atoms with E-state index in [1.54, 1.807) is 18.3 Å². The van der Waals surface area contributed by atoms with Gasteiger partial charge in [-0.25, -0.2) is 4.68 Å². The van der Waals surface area contributed by atoms with E-state index in [4.69, 9.17) is 21.1 Å². The van der Waals surface area contributed by atoms with Crippen LogP contribution in [0.5, 0.6) is 11.5 Å². The van der Waals surface area contributed by atoms with Crippen molar-refractivity contribution in [2.45, 2.75) is 38.1 Å². The first-order valence-electron chi connectivity index (χ1n) is 8.16. The van der Waals surface area contributed by atoms with Crippen LogP contribution in [-0.4, -0.2) is 22.5 Å². The molecule has 0 saturated heterocycles. The third kappa shape index (κ3) is 2.82. The molecule has 1 N–H and O–H groups in total. The Morgan fingerprint density at radius 3 is 2.92 bits per heavy atom. The van der Waals surface area contributed by atoms with Crippen LogP contribution in [0.25, 0.3) is 0 Å². The van der Waals surface area contributed by atoms with E-state index in [9.17, 15) is 4.79 Å². The quantitative estimate of drug-likeness (QED) is 0.910. The Balaban J connectivity index is 1.55. The lowest BCUT2D eigenvalue weighted by Gasteiger charge is -2.23. The van der Waals surface area contributed by atoms with E-state index < -0.39 is 0 Å². The van der Waals surface area contributed by atoms with Crippen molar-refractivity contribution in [3.63, 3.8) is 0 Å². The molecular weight excluding hydrogens is 330 g/mol. The fourth-order valence-corrected chi connectivity index (χ4v) is 3.58. The molecule has 7 heteroatoms. The lowest BCUT2D eigenvalue weighted by Crippen LogP contribution is -2.20. The molecule has 1 fully saturated rings. The van der Waals surface area contributed by atoms with Crippen molar-refractivity contribution in [3.8, 4) is 11.5 Å². The second-order valence-corrected chi connectivity index (χ2v) is 6.51. The molecular formula is C17H18ClN3O3. The zero-order valence-corrected chi connectivity index (χ0v) is 13.9. The molecule has 126 valence electrons. The maximum Gasteiger partial charge on any atom is 0.257 e. The molecule has 0 spiro atoms. The molecule has 2 heterocycles. The van der Waals surface area contributed by atoms with Gasteiger partial charge in [-0.2, -0.15) is 5.10 Å². The van der Waals surface area contributed by atoms with Gasteiger partial charge in [0.05, 0.1) is 17.3 Å². The molecule has 1 saturated carbocycles. The van der Waals surface area contributed by atoms with Gasteiger partial charge in [-0.1, -0.05) is 30.9 Å². The zero-order valence-electron chi connectivity index (χ0n) is 13.1. The van der Waals surface area contributed by atoms with E-state index in [-0.39, 0.29) is 12.7 Å². The Hall–Kier alpha value is -2.21. The van der Waals surface area contributed by atoms with Crippen molar-refractivity contribution >= 4 is 23.3 Å². The molecule has 0 radical (unpaired) electrons. The molecule has 0 bridgehead atoms. The summed E-state index contributed by atoms with van der Waals surface area (Å²) in [5.74, 6) is 1.45. The number of nitrogens with one attached hydrogen (secondary N) is 1. The molecule has 4 rings (SSSR count). The van der Waals surface area contributed by atoms with Crippen LogP contribution in [-0.2, 0) is 0 Å². The number of hydrogen-bond donors (Lipinski definition) is 1. The van der Waals surface area contributed by atoms with Crippen LogP contribution < -0.4 is 14.8 Å². The first kappa shape index (κ1) is 15.3. The van der Waals surface area contributed by atoms with Crippen molar-refractivity contribution in [2.24, 2.45) is 0 Å². The molecule has 1 amide bonds. The van der Waals surface area contributed by atoms with Gasteiger partial charge in [0, 0.05) is 11.6 Å². The number of anilines is 1. The van der Waals surface area contributed by atoms with E-state index in [0.717, 1.165) is 12.8 Å². The largest absolute Gasteiger partial charge is 0.454 e. The minimum Gasteiger partial charge on any atom is -0.454 e. The highest BCUT2D eigenvalue weighted by molar-refractivity contribution is 6.32. The normalized spacial score (nSPS) is 17.0. The van der Waals surface area contributed by atoms with E-state index in [2.05, 4.69) is 10.4 Å². The SMILES string of the molecule is O=C(Nc1ccnn1C1CCCCC1)c1cc(Cl)c2c(c1)OCO2. The van der Waals surface area contributed by atoms with Gasteiger partial charge in [-0.05, 0) is 25.0 Å². The Morgan fingerprint density at radius 1 is 1.25 bits per heavy atom. The lowest BCUT2D eigenvalue weighted by atomic mass is 9.96. The third-order valence-electron chi connectivity index (χ3n) is 4.52. The van der Waals surface area contributed by atoms with Crippen LogP contribution in [0, 0.1) is 0 Å². The Labute approximate surface area is 144 Å². The minimum absolute atomic E-state index is 0.120. The predicted molar refractivity (Wildman–Crippen MR) is 89.9 cm³/mol. The summed E-state index contributed by atoms with van der Waals surface area (Å²) in [5.41, 5.74) is 0.431. The second kappa shape index (κ2) is 6.36. The molecule has 0 unspecified atom stereocenters. The highest BCUT2D eigenvalue weighted by Crippen LogP contribution is 2.40.